The largest absolute Gasteiger partial charge is 0.367 e. The minimum absolute atomic E-state index is 0.0606. The molecule has 5 rings (SSSR count). The molecule has 32 heavy (non-hydrogen) atoms. The molecule has 4 aromatic rings. The van der Waals surface area contributed by atoms with Crippen LogP contribution in [0, 0.1) is 5.82 Å². The van der Waals surface area contributed by atoms with Crippen LogP contribution < -0.4 is 10.5 Å². The van der Waals surface area contributed by atoms with Gasteiger partial charge in [0.25, 0.3) is 11.5 Å². The molecule has 0 N–H and O–H groups in total. The number of carbonyl (C=O) groups excluding carboxylic acids is 1. The van der Waals surface area contributed by atoms with Crippen molar-refractivity contribution in [3.05, 3.63) is 98.7 Å². The summed E-state index contributed by atoms with van der Waals surface area (Å²) >= 11 is 1.52. The van der Waals surface area contributed by atoms with Crippen molar-refractivity contribution in [2.45, 2.75) is 6.54 Å². The number of nitrogens with zero attached hydrogens (tertiary/aromatic N) is 3. The van der Waals surface area contributed by atoms with E-state index in [4.69, 9.17) is 0 Å². The van der Waals surface area contributed by atoms with Gasteiger partial charge in [-0.1, -0.05) is 30.3 Å². The molecule has 1 amide bonds. The molecule has 1 saturated heterocycles. The molecule has 1 fully saturated rings. The fourth-order valence-electron chi connectivity index (χ4n) is 4.23. The first-order valence-electron chi connectivity index (χ1n) is 10.5. The van der Waals surface area contributed by atoms with Crippen molar-refractivity contribution in [3.63, 3.8) is 0 Å². The van der Waals surface area contributed by atoms with Gasteiger partial charge in [-0.05, 0) is 35.2 Å². The highest BCUT2D eigenvalue weighted by molar-refractivity contribution is 7.08. The van der Waals surface area contributed by atoms with E-state index >= 15 is 0 Å². The summed E-state index contributed by atoms with van der Waals surface area (Å²) in [4.78, 5) is 29.8. The lowest BCUT2D eigenvalue weighted by atomic mass is 10.1. The standard InChI is InChI=1S/C25H22FN3O2S/c26-20-7-5-18(6-8-20)16-29-22-4-2-1-3-21(22)23(15-24(29)30)27-10-12-28(13-11-27)25(31)19-9-14-32-17-19/h1-9,14-15,17H,10-13,16H2. The van der Waals surface area contributed by atoms with Gasteiger partial charge in [0.15, 0.2) is 0 Å². The molecule has 162 valence electrons. The number of anilines is 1. The van der Waals surface area contributed by atoms with Crippen LogP contribution in [0.1, 0.15) is 15.9 Å². The van der Waals surface area contributed by atoms with Crippen LogP contribution in [-0.2, 0) is 6.54 Å². The van der Waals surface area contributed by atoms with Gasteiger partial charge < -0.3 is 14.4 Å². The molecule has 1 aliphatic rings. The van der Waals surface area contributed by atoms with Crippen LogP contribution in [0.4, 0.5) is 10.1 Å². The number of hydrogen-bond acceptors (Lipinski definition) is 4. The first-order valence-corrected chi connectivity index (χ1v) is 11.5. The van der Waals surface area contributed by atoms with Gasteiger partial charge in [-0.15, -0.1) is 0 Å². The summed E-state index contributed by atoms with van der Waals surface area (Å²) < 4.78 is 15.0. The average Bonchev–Trinajstić information content (AvgIpc) is 3.37. The maximum Gasteiger partial charge on any atom is 0.254 e. The van der Waals surface area contributed by atoms with E-state index in [0.29, 0.717) is 32.7 Å². The number of piperazine rings is 1. The van der Waals surface area contributed by atoms with Gasteiger partial charge in [0.1, 0.15) is 5.82 Å². The first-order chi connectivity index (χ1) is 15.6. The Labute approximate surface area is 188 Å². The number of carbonyl (C=O) groups is 1. The molecule has 0 unspecified atom stereocenters. The molecule has 0 aliphatic carbocycles. The number of amides is 1. The molecule has 5 nitrogen and oxygen atoms in total. The van der Waals surface area contributed by atoms with E-state index in [9.17, 15) is 14.0 Å². The summed E-state index contributed by atoms with van der Waals surface area (Å²) in [6, 6.07) is 17.6. The van der Waals surface area contributed by atoms with E-state index in [1.807, 2.05) is 46.0 Å². The third-order valence-corrected chi connectivity index (χ3v) is 6.61. The number of halogens is 1. The van der Waals surface area contributed by atoms with E-state index in [2.05, 4.69) is 4.90 Å². The predicted octanol–water partition coefficient (Wildman–Crippen LogP) is 4.21. The normalized spacial score (nSPS) is 14.2. The van der Waals surface area contributed by atoms with Crippen molar-refractivity contribution in [1.29, 1.82) is 0 Å². The van der Waals surface area contributed by atoms with Gasteiger partial charge in [0, 0.05) is 43.0 Å². The van der Waals surface area contributed by atoms with Crippen LogP contribution in [0.15, 0.2) is 76.2 Å². The van der Waals surface area contributed by atoms with Crippen molar-refractivity contribution < 1.29 is 9.18 Å². The second kappa shape index (κ2) is 8.59. The summed E-state index contributed by atoms with van der Waals surface area (Å²) in [5, 5.41) is 4.78. The Morgan fingerprint density at radius 1 is 0.969 bits per heavy atom. The molecule has 0 bridgehead atoms. The maximum atomic E-state index is 13.3. The highest BCUT2D eigenvalue weighted by Gasteiger charge is 2.24. The summed E-state index contributed by atoms with van der Waals surface area (Å²) in [6.07, 6.45) is 0. The van der Waals surface area contributed by atoms with E-state index < -0.39 is 0 Å². The van der Waals surface area contributed by atoms with Crippen LogP contribution in [0.2, 0.25) is 0 Å². The molecule has 2 aromatic carbocycles. The molecule has 0 radical (unpaired) electrons. The van der Waals surface area contributed by atoms with E-state index in [1.54, 1.807) is 22.8 Å². The molecule has 2 aromatic heterocycles. The third-order valence-electron chi connectivity index (χ3n) is 5.93. The second-order valence-corrected chi connectivity index (χ2v) is 8.67. The van der Waals surface area contributed by atoms with Crippen molar-refractivity contribution in [2.75, 3.05) is 31.1 Å². The number of hydrogen-bond donors (Lipinski definition) is 0. The van der Waals surface area contributed by atoms with Gasteiger partial charge >= 0.3 is 0 Å². The summed E-state index contributed by atoms with van der Waals surface area (Å²) in [7, 11) is 0. The zero-order valence-electron chi connectivity index (χ0n) is 17.4. The maximum absolute atomic E-state index is 13.3. The number of rotatable bonds is 4. The minimum Gasteiger partial charge on any atom is -0.367 e. The fraction of sp³-hybridized carbons (Fsp3) is 0.200. The number of thiophene rings is 1. The van der Waals surface area contributed by atoms with Gasteiger partial charge in [-0.2, -0.15) is 11.3 Å². The van der Waals surface area contributed by atoms with Crippen LogP contribution in [-0.4, -0.2) is 41.6 Å². The number of pyridine rings is 1. The Hall–Kier alpha value is -3.45. The van der Waals surface area contributed by atoms with Gasteiger partial charge in [0.05, 0.1) is 23.3 Å². The van der Waals surface area contributed by atoms with Crippen LogP contribution in [0.5, 0.6) is 0 Å². The Bertz CT molecular complexity index is 1310. The van der Waals surface area contributed by atoms with Gasteiger partial charge in [-0.25, -0.2) is 4.39 Å². The molecular weight excluding hydrogens is 425 g/mol. The third kappa shape index (κ3) is 3.91. The smallest absolute Gasteiger partial charge is 0.254 e. The second-order valence-electron chi connectivity index (χ2n) is 7.89. The van der Waals surface area contributed by atoms with Crippen molar-refractivity contribution in [2.24, 2.45) is 0 Å². The average molecular weight is 448 g/mol. The number of para-hydroxylation sites is 1. The highest BCUT2D eigenvalue weighted by atomic mass is 32.1. The predicted molar refractivity (Wildman–Crippen MR) is 126 cm³/mol. The van der Waals surface area contributed by atoms with Crippen molar-refractivity contribution in [3.8, 4) is 0 Å². The van der Waals surface area contributed by atoms with E-state index in [1.165, 1.54) is 23.5 Å². The molecule has 7 heteroatoms. The zero-order valence-corrected chi connectivity index (χ0v) is 18.2. The van der Waals surface area contributed by atoms with E-state index in [0.717, 1.165) is 27.7 Å². The first kappa shape index (κ1) is 20.5. The van der Waals surface area contributed by atoms with Crippen molar-refractivity contribution in [1.82, 2.24) is 9.47 Å². The lowest BCUT2D eigenvalue weighted by molar-refractivity contribution is 0.0747. The topological polar surface area (TPSA) is 45.6 Å². The zero-order chi connectivity index (χ0) is 22.1. The molecule has 0 saturated carbocycles. The Morgan fingerprint density at radius 2 is 1.72 bits per heavy atom. The van der Waals surface area contributed by atoms with Crippen LogP contribution in [0.3, 0.4) is 0 Å². The van der Waals surface area contributed by atoms with Gasteiger partial charge in [0.2, 0.25) is 0 Å². The van der Waals surface area contributed by atoms with Gasteiger partial charge in [-0.3, -0.25) is 9.59 Å². The quantitative estimate of drug-likeness (QED) is 0.471. The lowest BCUT2D eigenvalue weighted by Crippen LogP contribution is -2.49. The molecule has 0 spiro atoms. The Morgan fingerprint density at radius 3 is 2.44 bits per heavy atom. The SMILES string of the molecule is O=C(c1ccsc1)N1CCN(c2cc(=O)n(Cc3ccc(F)cc3)c3ccccc23)CC1. The number of fused-ring (bicyclic) bond motifs is 1. The summed E-state index contributed by atoms with van der Waals surface area (Å²) in [5.74, 6) is -0.233. The molecule has 0 atom stereocenters. The van der Waals surface area contributed by atoms with Crippen LogP contribution >= 0.6 is 11.3 Å². The molecule has 1 aliphatic heterocycles. The highest BCUT2D eigenvalue weighted by Crippen LogP contribution is 2.27. The lowest BCUT2D eigenvalue weighted by Gasteiger charge is -2.36. The van der Waals surface area contributed by atoms with Crippen molar-refractivity contribution >= 4 is 33.8 Å². The van der Waals surface area contributed by atoms with Crippen LogP contribution in [0.25, 0.3) is 10.9 Å². The van der Waals surface area contributed by atoms with E-state index in [-0.39, 0.29) is 17.3 Å². The number of aromatic nitrogens is 1. The molecular formula is C25H22FN3O2S. The summed E-state index contributed by atoms with van der Waals surface area (Å²) in [6.45, 7) is 2.94. The monoisotopic (exact) mass is 447 g/mol. The fourth-order valence-corrected chi connectivity index (χ4v) is 4.86. The Balaban J connectivity index is 1.42. The minimum atomic E-state index is -0.294. The Kier molecular flexibility index (Phi) is 5.49. The number of benzene rings is 2. The summed E-state index contributed by atoms with van der Waals surface area (Å²) in [5.41, 5.74) is 3.24. The molecule has 3 heterocycles.